The van der Waals surface area contributed by atoms with Crippen LogP contribution in [-0.4, -0.2) is 25.5 Å². The SMILES string of the molecule is O=S1(=O)N=C(N/N=C/c2ccncc2)c2ccccc21. The van der Waals surface area contributed by atoms with Crippen LogP contribution >= 0.6 is 0 Å². The largest absolute Gasteiger partial charge is 0.285 e. The van der Waals surface area contributed by atoms with Gasteiger partial charge in [0.25, 0.3) is 10.0 Å². The van der Waals surface area contributed by atoms with Crippen molar-refractivity contribution in [1.29, 1.82) is 0 Å². The summed E-state index contributed by atoms with van der Waals surface area (Å²) in [5, 5.41) is 3.99. The van der Waals surface area contributed by atoms with Gasteiger partial charge < -0.3 is 0 Å². The van der Waals surface area contributed by atoms with Gasteiger partial charge in [-0.3, -0.25) is 10.4 Å². The average molecular weight is 286 g/mol. The third-order valence-corrected chi connectivity index (χ3v) is 4.06. The highest BCUT2D eigenvalue weighted by Crippen LogP contribution is 2.24. The topological polar surface area (TPSA) is 83.8 Å². The maximum absolute atomic E-state index is 11.8. The standard InChI is InChI=1S/C13H10N4O2S/c18-20(19)12-4-2-1-3-11(12)13(17-20)16-15-9-10-5-7-14-8-6-10/h1-9H,(H,16,17)/b15-9+. The van der Waals surface area contributed by atoms with Crippen molar-refractivity contribution in [2.75, 3.05) is 0 Å². The highest BCUT2D eigenvalue weighted by atomic mass is 32.2. The van der Waals surface area contributed by atoms with E-state index in [1.54, 1.807) is 48.9 Å². The van der Waals surface area contributed by atoms with E-state index < -0.39 is 10.0 Å². The highest BCUT2D eigenvalue weighted by Gasteiger charge is 2.27. The average Bonchev–Trinajstić information content (AvgIpc) is 2.72. The van der Waals surface area contributed by atoms with Crippen molar-refractivity contribution in [3.8, 4) is 0 Å². The fourth-order valence-corrected chi connectivity index (χ4v) is 2.97. The number of sulfonamides is 1. The first-order chi connectivity index (χ1) is 9.67. The lowest BCUT2D eigenvalue weighted by Gasteiger charge is -1.99. The van der Waals surface area contributed by atoms with Crippen molar-refractivity contribution in [3.63, 3.8) is 0 Å². The Kier molecular flexibility index (Phi) is 3.03. The van der Waals surface area contributed by atoms with Crippen molar-refractivity contribution in [2.24, 2.45) is 9.50 Å². The van der Waals surface area contributed by atoms with Crippen LogP contribution in [-0.2, 0) is 10.0 Å². The molecule has 100 valence electrons. The van der Waals surface area contributed by atoms with Gasteiger partial charge in [0.1, 0.15) is 4.90 Å². The van der Waals surface area contributed by atoms with E-state index in [9.17, 15) is 8.42 Å². The predicted octanol–water partition coefficient (Wildman–Crippen LogP) is 1.15. The Bertz CT molecular complexity index is 798. The number of hydrazone groups is 1. The highest BCUT2D eigenvalue weighted by molar-refractivity contribution is 7.90. The minimum absolute atomic E-state index is 0.196. The van der Waals surface area contributed by atoms with Crippen molar-refractivity contribution in [2.45, 2.75) is 4.90 Å². The van der Waals surface area contributed by atoms with Crippen LogP contribution in [0.25, 0.3) is 0 Å². The Labute approximate surface area is 116 Å². The molecule has 20 heavy (non-hydrogen) atoms. The molecule has 0 saturated heterocycles. The molecule has 1 aliphatic rings. The zero-order valence-corrected chi connectivity index (χ0v) is 11.1. The summed E-state index contributed by atoms with van der Waals surface area (Å²) in [6.45, 7) is 0. The zero-order chi connectivity index (χ0) is 14.0. The first kappa shape index (κ1) is 12.5. The number of hydrogen-bond acceptors (Lipinski definition) is 5. The van der Waals surface area contributed by atoms with Crippen LogP contribution in [0.3, 0.4) is 0 Å². The number of rotatable bonds is 2. The van der Waals surface area contributed by atoms with E-state index >= 15 is 0 Å². The van der Waals surface area contributed by atoms with Crippen molar-refractivity contribution in [3.05, 3.63) is 59.9 Å². The van der Waals surface area contributed by atoms with Crippen LogP contribution in [0.2, 0.25) is 0 Å². The van der Waals surface area contributed by atoms with E-state index in [0.29, 0.717) is 5.56 Å². The molecule has 6 nitrogen and oxygen atoms in total. The molecule has 3 rings (SSSR count). The molecule has 0 amide bonds. The molecule has 7 heteroatoms. The van der Waals surface area contributed by atoms with Gasteiger partial charge in [0.05, 0.1) is 6.21 Å². The van der Waals surface area contributed by atoms with Crippen molar-refractivity contribution in [1.82, 2.24) is 10.4 Å². The summed E-state index contributed by atoms with van der Waals surface area (Å²) in [6.07, 6.45) is 4.86. The van der Waals surface area contributed by atoms with Gasteiger partial charge in [-0.2, -0.15) is 13.5 Å². The number of benzene rings is 1. The molecule has 2 heterocycles. The lowest BCUT2D eigenvalue weighted by molar-refractivity contribution is 0.599. The molecule has 0 aliphatic carbocycles. The van der Waals surface area contributed by atoms with Gasteiger partial charge in [-0.25, -0.2) is 0 Å². The van der Waals surface area contributed by atoms with Gasteiger partial charge in [-0.1, -0.05) is 12.1 Å². The second-order valence-corrected chi connectivity index (χ2v) is 5.63. The Morgan fingerprint density at radius 2 is 1.85 bits per heavy atom. The minimum Gasteiger partial charge on any atom is -0.265 e. The fraction of sp³-hybridized carbons (Fsp3) is 0. The second-order valence-electron chi connectivity index (χ2n) is 4.06. The molecule has 2 aromatic rings. The van der Waals surface area contributed by atoms with E-state index in [-0.39, 0.29) is 10.7 Å². The van der Waals surface area contributed by atoms with Gasteiger partial charge in [0.15, 0.2) is 5.84 Å². The molecule has 0 fully saturated rings. The van der Waals surface area contributed by atoms with Crippen molar-refractivity contribution >= 4 is 22.1 Å². The number of aromatic nitrogens is 1. The van der Waals surface area contributed by atoms with Crippen LogP contribution in [0.15, 0.2) is 63.2 Å². The fourth-order valence-electron chi connectivity index (χ4n) is 1.80. The summed E-state index contributed by atoms with van der Waals surface area (Å²) < 4.78 is 27.3. The Morgan fingerprint density at radius 3 is 2.65 bits per heavy atom. The van der Waals surface area contributed by atoms with E-state index in [0.717, 1.165) is 5.56 Å². The summed E-state index contributed by atoms with van der Waals surface area (Å²) in [5.41, 5.74) is 4.04. The van der Waals surface area contributed by atoms with Crippen molar-refractivity contribution < 1.29 is 8.42 Å². The monoisotopic (exact) mass is 286 g/mol. The van der Waals surface area contributed by atoms with Gasteiger partial charge in [0.2, 0.25) is 0 Å². The molecule has 0 bridgehead atoms. The maximum Gasteiger partial charge on any atom is 0.285 e. The van der Waals surface area contributed by atoms with E-state index in [1.165, 1.54) is 6.07 Å². The van der Waals surface area contributed by atoms with Crippen LogP contribution in [0, 0.1) is 0 Å². The Morgan fingerprint density at radius 1 is 1.10 bits per heavy atom. The summed E-state index contributed by atoms with van der Waals surface area (Å²) in [6, 6.07) is 10.2. The number of hydrogen-bond donors (Lipinski definition) is 1. The van der Waals surface area contributed by atoms with Gasteiger partial charge >= 0.3 is 0 Å². The van der Waals surface area contributed by atoms with Gasteiger partial charge in [-0.05, 0) is 29.8 Å². The molecule has 1 aliphatic heterocycles. The first-order valence-corrected chi connectivity index (χ1v) is 7.24. The molecular formula is C13H10N4O2S. The zero-order valence-electron chi connectivity index (χ0n) is 10.3. The summed E-state index contributed by atoms with van der Waals surface area (Å²) in [7, 11) is -3.61. The smallest absolute Gasteiger partial charge is 0.265 e. The molecule has 0 atom stereocenters. The van der Waals surface area contributed by atoms with E-state index in [1.807, 2.05) is 0 Å². The third-order valence-electron chi connectivity index (χ3n) is 2.72. The Hall–Kier alpha value is -2.54. The third kappa shape index (κ3) is 2.30. The lowest BCUT2D eigenvalue weighted by Crippen LogP contribution is -2.17. The summed E-state index contributed by atoms with van der Waals surface area (Å²) >= 11 is 0. The van der Waals surface area contributed by atoms with Gasteiger partial charge in [-0.15, -0.1) is 4.40 Å². The summed E-state index contributed by atoms with van der Waals surface area (Å²) in [5.74, 6) is 0.228. The number of nitrogens with one attached hydrogen (secondary N) is 1. The number of nitrogens with zero attached hydrogens (tertiary/aromatic N) is 3. The van der Waals surface area contributed by atoms with Crippen LogP contribution in [0.1, 0.15) is 11.1 Å². The molecule has 1 N–H and O–H groups in total. The van der Waals surface area contributed by atoms with Crippen LogP contribution < -0.4 is 5.43 Å². The minimum atomic E-state index is -3.61. The van der Waals surface area contributed by atoms with Crippen LogP contribution in [0.4, 0.5) is 0 Å². The molecule has 0 radical (unpaired) electrons. The van der Waals surface area contributed by atoms with Gasteiger partial charge in [0, 0.05) is 18.0 Å². The van der Waals surface area contributed by atoms with Crippen LogP contribution in [0.5, 0.6) is 0 Å². The number of amidine groups is 1. The number of pyridine rings is 1. The van der Waals surface area contributed by atoms with E-state index in [4.69, 9.17) is 0 Å². The Balaban J connectivity index is 1.85. The molecule has 1 aromatic heterocycles. The molecule has 1 aromatic carbocycles. The first-order valence-electron chi connectivity index (χ1n) is 5.80. The second kappa shape index (κ2) is 4.86. The molecule has 0 unspecified atom stereocenters. The predicted molar refractivity (Wildman–Crippen MR) is 75.1 cm³/mol. The maximum atomic E-state index is 11.8. The lowest BCUT2D eigenvalue weighted by atomic mass is 10.2. The summed E-state index contributed by atoms with van der Waals surface area (Å²) in [4.78, 5) is 4.09. The van der Waals surface area contributed by atoms with E-state index in [2.05, 4.69) is 19.9 Å². The molecule has 0 spiro atoms. The normalized spacial score (nSPS) is 15.9. The quantitative estimate of drug-likeness (QED) is 0.663. The number of fused-ring (bicyclic) bond motifs is 1. The molecular weight excluding hydrogens is 276 g/mol. The molecule has 0 saturated carbocycles.